The Kier molecular flexibility index (Phi) is 3.27. The molecule has 3 aromatic rings. The number of hydrogen-bond donors (Lipinski definition) is 1. The lowest BCUT2D eigenvalue weighted by atomic mass is 10.1. The monoisotopic (exact) mass is 333 g/mol. The maximum atomic E-state index is 12.2. The average molecular weight is 334 g/mol. The summed E-state index contributed by atoms with van der Waals surface area (Å²) in [7, 11) is 0. The molecule has 4 nitrogen and oxygen atoms in total. The van der Waals surface area contributed by atoms with Gasteiger partial charge in [0.2, 0.25) is 0 Å². The highest BCUT2D eigenvalue weighted by Crippen LogP contribution is 2.24. The Morgan fingerprint density at radius 2 is 2.05 bits per heavy atom. The van der Waals surface area contributed by atoms with Gasteiger partial charge in [0.25, 0.3) is 5.91 Å². The molecule has 0 saturated carbocycles. The molecule has 0 bridgehead atoms. The fraction of sp³-hybridized carbons (Fsp3) is 0. The number of thiazole rings is 1. The smallest absolute Gasteiger partial charge is 0.259 e. The second kappa shape index (κ2) is 5.07. The van der Waals surface area contributed by atoms with Crippen molar-refractivity contribution in [3.05, 3.63) is 52.1 Å². The third-order valence-electron chi connectivity index (χ3n) is 2.58. The summed E-state index contributed by atoms with van der Waals surface area (Å²) in [6, 6.07) is 9.31. The number of carbonyl (C=O) groups is 1. The second-order valence-corrected chi connectivity index (χ2v) is 6.21. The van der Waals surface area contributed by atoms with E-state index in [1.807, 2.05) is 24.3 Å². The number of aromatic nitrogens is 2. The number of benzene rings is 1. The van der Waals surface area contributed by atoms with Gasteiger partial charge in [0, 0.05) is 11.6 Å². The van der Waals surface area contributed by atoms with Crippen molar-refractivity contribution in [2.75, 3.05) is 5.32 Å². The predicted molar refractivity (Wildman–Crippen MR) is 79.5 cm³/mol. The molecule has 3 rings (SSSR count). The molecule has 0 unspecified atom stereocenters. The third-order valence-corrected chi connectivity index (χ3v) is 3.97. The van der Waals surface area contributed by atoms with Crippen LogP contribution in [0.4, 0.5) is 5.13 Å². The number of nitrogens with zero attached hydrogens (tertiary/aromatic N) is 2. The van der Waals surface area contributed by atoms with E-state index in [2.05, 4.69) is 31.2 Å². The first-order chi connectivity index (χ1) is 9.24. The maximum absolute atomic E-state index is 12.2. The molecule has 6 heteroatoms. The first-order valence-electron chi connectivity index (χ1n) is 5.50. The molecule has 1 amide bonds. The van der Waals surface area contributed by atoms with Crippen LogP contribution < -0.4 is 5.32 Å². The molecule has 94 valence electrons. The van der Waals surface area contributed by atoms with Crippen LogP contribution in [0.3, 0.4) is 0 Å². The zero-order valence-corrected chi connectivity index (χ0v) is 12.0. The molecule has 2 heterocycles. The molecular weight excluding hydrogens is 326 g/mol. The minimum Gasteiger partial charge on any atom is -0.298 e. The average Bonchev–Trinajstić information content (AvgIpc) is 2.83. The third kappa shape index (κ3) is 2.50. The Morgan fingerprint density at radius 3 is 2.84 bits per heavy atom. The lowest BCUT2D eigenvalue weighted by molar-refractivity contribution is 0.102. The van der Waals surface area contributed by atoms with Gasteiger partial charge < -0.3 is 0 Å². The number of nitrogens with one attached hydrogen (secondary N) is 1. The second-order valence-electron chi connectivity index (χ2n) is 3.80. The standard InChI is InChI=1S/C13H8BrN3OS/c14-10-7-16-13(19-10)17-12(18)9-5-1-3-8-4-2-6-15-11(8)9/h1-7H,(H,16,17,18). The Hall–Kier alpha value is -1.79. The van der Waals surface area contributed by atoms with Crippen molar-refractivity contribution in [1.29, 1.82) is 0 Å². The van der Waals surface area contributed by atoms with Crippen molar-refractivity contribution in [2.24, 2.45) is 0 Å². The summed E-state index contributed by atoms with van der Waals surface area (Å²) in [5.41, 5.74) is 1.24. The van der Waals surface area contributed by atoms with Gasteiger partial charge in [-0.2, -0.15) is 0 Å². The number of carbonyl (C=O) groups excluding carboxylic acids is 1. The molecular formula is C13H8BrN3OS. The normalized spacial score (nSPS) is 10.6. The van der Waals surface area contributed by atoms with Gasteiger partial charge in [-0.15, -0.1) is 0 Å². The first kappa shape index (κ1) is 12.3. The van der Waals surface area contributed by atoms with E-state index in [1.165, 1.54) is 11.3 Å². The molecule has 19 heavy (non-hydrogen) atoms. The zero-order chi connectivity index (χ0) is 13.2. The molecule has 2 aromatic heterocycles. The number of rotatable bonds is 2. The van der Waals surface area contributed by atoms with E-state index >= 15 is 0 Å². The van der Waals surface area contributed by atoms with Crippen LogP contribution in [0, 0.1) is 0 Å². The Balaban J connectivity index is 1.97. The Labute approximate surface area is 121 Å². The van der Waals surface area contributed by atoms with Crippen LogP contribution >= 0.6 is 27.3 Å². The molecule has 1 N–H and O–H groups in total. The SMILES string of the molecule is O=C(Nc1ncc(Br)s1)c1cccc2cccnc12. The highest BCUT2D eigenvalue weighted by Gasteiger charge is 2.12. The summed E-state index contributed by atoms with van der Waals surface area (Å²) >= 11 is 4.68. The van der Waals surface area contributed by atoms with Crippen molar-refractivity contribution >= 4 is 49.2 Å². The van der Waals surface area contributed by atoms with Gasteiger partial charge >= 0.3 is 0 Å². The maximum Gasteiger partial charge on any atom is 0.259 e. The van der Waals surface area contributed by atoms with Crippen LogP contribution in [0.2, 0.25) is 0 Å². The fourth-order valence-electron chi connectivity index (χ4n) is 1.76. The Bertz CT molecular complexity index is 751. The largest absolute Gasteiger partial charge is 0.298 e. The van der Waals surface area contributed by atoms with Crippen LogP contribution in [0.5, 0.6) is 0 Å². The van der Waals surface area contributed by atoms with Crippen LogP contribution in [-0.4, -0.2) is 15.9 Å². The lowest BCUT2D eigenvalue weighted by Gasteiger charge is -2.04. The van der Waals surface area contributed by atoms with Crippen molar-refractivity contribution in [3.8, 4) is 0 Å². The van der Waals surface area contributed by atoms with E-state index in [9.17, 15) is 4.79 Å². The van der Waals surface area contributed by atoms with Gasteiger partial charge in [0.05, 0.1) is 21.1 Å². The van der Waals surface area contributed by atoms with Crippen LogP contribution in [0.25, 0.3) is 10.9 Å². The van der Waals surface area contributed by atoms with Crippen LogP contribution in [0.15, 0.2) is 46.5 Å². The van der Waals surface area contributed by atoms with Crippen molar-refractivity contribution < 1.29 is 4.79 Å². The molecule has 0 saturated heterocycles. The highest BCUT2D eigenvalue weighted by molar-refractivity contribution is 9.11. The van der Waals surface area contributed by atoms with E-state index < -0.39 is 0 Å². The summed E-state index contributed by atoms with van der Waals surface area (Å²) in [5, 5.41) is 4.27. The van der Waals surface area contributed by atoms with Gasteiger partial charge in [0.15, 0.2) is 5.13 Å². The summed E-state index contributed by atoms with van der Waals surface area (Å²) < 4.78 is 0.874. The van der Waals surface area contributed by atoms with Gasteiger partial charge in [-0.05, 0) is 28.1 Å². The molecule has 0 radical (unpaired) electrons. The molecule has 0 spiro atoms. The van der Waals surface area contributed by atoms with Gasteiger partial charge in [-0.25, -0.2) is 4.98 Å². The number of fused-ring (bicyclic) bond motifs is 1. The molecule has 0 aliphatic carbocycles. The van der Waals surface area contributed by atoms with Crippen LogP contribution in [0.1, 0.15) is 10.4 Å². The number of hydrogen-bond acceptors (Lipinski definition) is 4. The Morgan fingerprint density at radius 1 is 1.21 bits per heavy atom. The van der Waals surface area contributed by atoms with E-state index in [-0.39, 0.29) is 5.91 Å². The first-order valence-corrected chi connectivity index (χ1v) is 7.11. The molecule has 0 atom stereocenters. The lowest BCUT2D eigenvalue weighted by Crippen LogP contribution is -2.12. The molecule has 0 aliphatic heterocycles. The van der Waals surface area contributed by atoms with Gasteiger partial charge in [-0.1, -0.05) is 29.5 Å². The molecule has 0 fully saturated rings. The number of halogens is 1. The number of para-hydroxylation sites is 1. The summed E-state index contributed by atoms with van der Waals surface area (Å²) in [4.78, 5) is 20.6. The summed E-state index contributed by atoms with van der Waals surface area (Å²) in [6.07, 6.45) is 3.33. The molecule has 1 aromatic carbocycles. The fourth-order valence-corrected chi connectivity index (χ4v) is 2.87. The topological polar surface area (TPSA) is 54.9 Å². The van der Waals surface area contributed by atoms with E-state index in [4.69, 9.17) is 0 Å². The van der Waals surface area contributed by atoms with Crippen molar-refractivity contribution in [2.45, 2.75) is 0 Å². The minimum absolute atomic E-state index is 0.203. The van der Waals surface area contributed by atoms with Crippen molar-refractivity contribution in [1.82, 2.24) is 9.97 Å². The van der Waals surface area contributed by atoms with E-state index in [1.54, 1.807) is 18.5 Å². The summed E-state index contributed by atoms with van der Waals surface area (Å²) in [5.74, 6) is -0.203. The van der Waals surface area contributed by atoms with Gasteiger partial charge in [-0.3, -0.25) is 15.1 Å². The van der Waals surface area contributed by atoms with Crippen LogP contribution in [-0.2, 0) is 0 Å². The summed E-state index contributed by atoms with van der Waals surface area (Å²) in [6.45, 7) is 0. The van der Waals surface area contributed by atoms with E-state index in [0.717, 1.165) is 9.17 Å². The number of anilines is 1. The van der Waals surface area contributed by atoms with E-state index in [0.29, 0.717) is 16.2 Å². The minimum atomic E-state index is -0.203. The molecule has 0 aliphatic rings. The highest BCUT2D eigenvalue weighted by atomic mass is 79.9. The predicted octanol–water partition coefficient (Wildman–Crippen LogP) is 3.71. The van der Waals surface area contributed by atoms with Crippen molar-refractivity contribution in [3.63, 3.8) is 0 Å². The number of pyridine rings is 1. The zero-order valence-electron chi connectivity index (χ0n) is 9.63. The quantitative estimate of drug-likeness (QED) is 0.777. The number of amides is 1. The van der Waals surface area contributed by atoms with Gasteiger partial charge in [0.1, 0.15) is 0 Å².